The van der Waals surface area contributed by atoms with E-state index >= 15 is 0 Å². The average molecular weight is 158 g/mol. The van der Waals surface area contributed by atoms with Crippen LogP contribution in [0, 0.1) is 5.63 Å². The Morgan fingerprint density at radius 1 is 1.80 bits per heavy atom. The molecule has 0 aliphatic heterocycles. The van der Waals surface area contributed by atoms with Gasteiger partial charge < -0.3 is 0 Å². The van der Waals surface area contributed by atoms with Crippen molar-refractivity contribution in [1.82, 2.24) is 0 Å². The van der Waals surface area contributed by atoms with Crippen LogP contribution in [0.15, 0.2) is 12.2 Å². The Bertz CT molecular complexity index is 237. The summed E-state index contributed by atoms with van der Waals surface area (Å²) in [5.41, 5.74) is 2.18. The van der Waals surface area contributed by atoms with Crippen LogP contribution >= 0.6 is 7.92 Å². The molecule has 0 radical (unpaired) electrons. The Morgan fingerprint density at radius 2 is 2.40 bits per heavy atom. The van der Waals surface area contributed by atoms with Crippen molar-refractivity contribution in [3.05, 3.63) is 12.2 Å². The fraction of sp³-hybridized carbons (Fsp3) is 0.333. The number of hydrogen-bond acceptors (Lipinski definition) is 3. The summed E-state index contributed by atoms with van der Waals surface area (Å²) in [5.74, 6) is -0.578. The van der Waals surface area contributed by atoms with E-state index in [1.165, 1.54) is 0 Å². The summed E-state index contributed by atoms with van der Waals surface area (Å²) in [5, 5.41) is 0. The van der Waals surface area contributed by atoms with Gasteiger partial charge >= 0.3 is 59.3 Å². The zero-order valence-electron chi connectivity index (χ0n) is 5.59. The van der Waals surface area contributed by atoms with Crippen molar-refractivity contribution in [3.8, 4) is 5.63 Å². The summed E-state index contributed by atoms with van der Waals surface area (Å²) in [6.07, 6.45) is 0. The second kappa shape index (κ2) is 5.04. The van der Waals surface area contributed by atoms with Crippen molar-refractivity contribution in [1.29, 1.82) is 0 Å². The van der Waals surface area contributed by atoms with Crippen LogP contribution < -0.4 is 0 Å². The van der Waals surface area contributed by atoms with E-state index in [0.29, 0.717) is 0 Å². The van der Waals surface area contributed by atoms with Gasteiger partial charge in [-0.2, -0.15) is 0 Å². The zero-order valence-corrected chi connectivity index (χ0v) is 6.48. The van der Waals surface area contributed by atoms with E-state index in [1.54, 1.807) is 6.92 Å². The first kappa shape index (κ1) is 9.22. The molecule has 0 unspecified atom stereocenters. The van der Waals surface area contributed by atoms with E-state index < -0.39 is 5.97 Å². The van der Waals surface area contributed by atoms with Crippen LogP contribution in [0.4, 0.5) is 0 Å². The fourth-order valence-electron chi connectivity index (χ4n) is 0.319. The van der Waals surface area contributed by atoms with Gasteiger partial charge in [-0.3, -0.25) is 0 Å². The van der Waals surface area contributed by atoms with Crippen LogP contribution in [0.2, 0.25) is 0 Å². The van der Waals surface area contributed by atoms with Crippen molar-refractivity contribution in [2.24, 2.45) is 0 Å². The molecule has 0 aliphatic rings. The molecule has 0 aliphatic carbocycles. The molecule has 0 aromatic heterocycles. The van der Waals surface area contributed by atoms with Crippen molar-refractivity contribution in [2.75, 3.05) is 6.61 Å². The molecular weight excluding hydrogens is 151 g/mol. The molecule has 0 N–H and O–H groups in total. The Kier molecular flexibility index (Phi) is 4.65. The number of rotatable bonds is 2. The third-order valence-electron chi connectivity index (χ3n) is 0.702. The van der Waals surface area contributed by atoms with E-state index in [0.717, 1.165) is 0 Å². The van der Waals surface area contributed by atoms with Gasteiger partial charge in [0.2, 0.25) is 0 Å². The van der Waals surface area contributed by atoms with Gasteiger partial charge in [-0.25, -0.2) is 0 Å². The number of hydrogen-bond donors (Lipinski definition) is 0. The van der Waals surface area contributed by atoms with Crippen molar-refractivity contribution in [3.63, 3.8) is 0 Å². The first-order chi connectivity index (χ1) is 4.72. The maximum absolute atomic E-state index is 10.6. The maximum atomic E-state index is 10.6. The molecule has 10 heavy (non-hydrogen) atoms. The molecule has 4 heteroatoms. The first-order valence-corrected chi connectivity index (χ1v) is 3.48. The molecule has 54 valence electrons. The number of carbonyl (C=O) groups excluding carboxylic acids is 1. The summed E-state index contributed by atoms with van der Waals surface area (Å²) in [7, 11) is -0.351. The van der Waals surface area contributed by atoms with Crippen LogP contribution in [0.1, 0.15) is 6.92 Å². The van der Waals surface area contributed by atoms with E-state index in [4.69, 9.17) is 0 Å². The topological polar surface area (TPSA) is 43.4 Å². The molecule has 0 amide bonds. The average Bonchev–Trinajstić information content (AvgIpc) is 1.89. The Hall–Kier alpha value is -0.780. The van der Waals surface area contributed by atoms with Gasteiger partial charge in [-0.05, 0) is 0 Å². The van der Waals surface area contributed by atoms with Crippen LogP contribution in [0.5, 0.6) is 0 Å². The Labute approximate surface area is 60.2 Å². The predicted octanol–water partition coefficient (Wildman–Crippen LogP) is 1.36. The zero-order chi connectivity index (χ0) is 7.98. The van der Waals surface area contributed by atoms with Crippen LogP contribution in [-0.2, 0) is 14.1 Å². The predicted molar refractivity (Wildman–Crippen MR) is 37.3 cm³/mol. The molecule has 0 heterocycles. The molecule has 0 aromatic rings. The first-order valence-electron chi connectivity index (χ1n) is 2.66. The number of carbonyl (C=O) groups is 1. The molecule has 0 saturated carbocycles. The molecule has 0 fully saturated rings. The fourth-order valence-corrected chi connectivity index (χ4v) is 0.520. The van der Waals surface area contributed by atoms with E-state index in [-0.39, 0.29) is 20.1 Å². The van der Waals surface area contributed by atoms with Gasteiger partial charge in [0.25, 0.3) is 0 Å². The van der Waals surface area contributed by atoms with E-state index in [9.17, 15) is 9.36 Å². The second-order valence-electron chi connectivity index (χ2n) is 1.40. The summed E-state index contributed by atoms with van der Waals surface area (Å²) in [6.45, 7) is 5.24. The quantitative estimate of drug-likeness (QED) is 0.346. The number of ether oxygens (including phenoxy) is 1. The second-order valence-corrected chi connectivity index (χ2v) is 1.81. The van der Waals surface area contributed by atoms with Crippen LogP contribution in [0.3, 0.4) is 0 Å². The van der Waals surface area contributed by atoms with Crippen LogP contribution in [0.25, 0.3) is 0 Å². The Morgan fingerprint density at radius 3 is 2.80 bits per heavy atom. The van der Waals surface area contributed by atoms with Gasteiger partial charge in [0, 0.05) is 0 Å². The van der Waals surface area contributed by atoms with E-state index in [2.05, 4.69) is 16.9 Å². The summed E-state index contributed by atoms with van der Waals surface area (Å²) in [4.78, 5) is 10.6. The molecule has 0 saturated heterocycles. The van der Waals surface area contributed by atoms with E-state index in [1.807, 2.05) is 0 Å². The Balaban J connectivity index is 4.04. The summed E-state index contributed by atoms with van der Waals surface area (Å²) >= 11 is 0. The number of esters is 1. The van der Waals surface area contributed by atoms with Crippen molar-refractivity contribution < 1.29 is 14.1 Å². The monoisotopic (exact) mass is 158 g/mol. The molecule has 0 atom stereocenters. The normalized spacial score (nSPS) is 7.70. The van der Waals surface area contributed by atoms with Crippen molar-refractivity contribution >= 4 is 13.9 Å². The minimum absolute atomic E-state index is 0.00137. The van der Waals surface area contributed by atoms with Gasteiger partial charge in [-0.15, -0.1) is 0 Å². The molecule has 3 nitrogen and oxygen atoms in total. The molecule has 0 rings (SSSR count). The SMILES string of the molecule is C=C(C#P=O)C(=O)OCC. The third kappa shape index (κ3) is 3.29. The van der Waals surface area contributed by atoms with Gasteiger partial charge in [0.1, 0.15) is 0 Å². The standard InChI is InChI=1S/C6H7O3P/c1-3-9-6(7)5(2)4-10-8/h2-3H2,1H3. The van der Waals surface area contributed by atoms with Gasteiger partial charge in [0.15, 0.2) is 0 Å². The minimum atomic E-state index is -0.578. The third-order valence-corrected chi connectivity index (χ3v) is 1.06. The summed E-state index contributed by atoms with van der Waals surface area (Å²) < 4.78 is 14.4. The van der Waals surface area contributed by atoms with Gasteiger partial charge in [-0.1, -0.05) is 0 Å². The van der Waals surface area contributed by atoms with Crippen LogP contribution in [-0.4, -0.2) is 12.6 Å². The van der Waals surface area contributed by atoms with Crippen molar-refractivity contribution in [2.45, 2.75) is 6.92 Å². The molecule has 0 spiro atoms. The molecule has 0 aromatic carbocycles. The summed E-state index contributed by atoms with van der Waals surface area (Å²) in [6, 6.07) is 0. The molecule has 0 bridgehead atoms. The van der Waals surface area contributed by atoms with Gasteiger partial charge in [0.05, 0.1) is 0 Å². The molecular formula is C6H7O3P.